The van der Waals surface area contributed by atoms with Crippen molar-refractivity contribution in [1.82, 2.24) is 14.5 Å². The molecule has 9 rings (SSSR count). The van der Waals surface area contributed by atoms with Crippen molar-refractivity contribution in [3.05, 3.63) is 151 Å². The highest BCUT2D eigenvalue weighted by atomic mass is 15.2. The first-order valence-electron chi connectivity index (χ1n) is 15.2. The van der Waals surface area contributed by atoms with Crippen LogP contribution in [-0.4, -0.2) is 14.5 Å². The molecule has 1 aliphatic rings. The molecule has 44 heavy (non-hydrogen) atoms. The van der Waals surface area contributed by atoms with E-state index >= 15 is 0 Å². The van der Waals surface area contributed by atoms with Crippen molar-refractivity contribution in [2.45, 2.75) is 19.3 Å². The van der Waals surface area contributed by atoms with Gasteiger partial charge >= 0.3 is 0 Å². The Hall–Kier alpha value is -5.54. The minimum absolute atomic E-state index is 0.0155. The van der Waals surface area contributed by atoms with Gasteiger partial charge in [0.1, 0.15) is 0 Å². The van der Waals surface area contributed by atoms with Gasteiger partial charge in [-0.1, -0.05) is 123 Å². The summed E-state index contributed by atoms with van der Waals surface area (Å²) < 4.78 is 2.19. The number of rotatable bonds is 3. The van der Waals surface area contributed by atoms with Gasteiger partial charge in [0.2, 0.25) is 5.95 Å². The van der Waals surface area contributed by atoms with Gasteiger partial charge in [0.05, 0.1) is 16.7 Å². The highest BCUT2D eigenvalue weighted by molar-refractivity contribution is 6.21. The fraction of sp³-hybridized carbons (Fsp3) is 0.0732. The smallest absolute Gasteiger partial charge is 0.235 e. The molecule has 1 aliphatic carbocycles. The van der Waals surface area contributed by atoms with Crippen LogP contribution in [-0.2, 0) is 5.41 Å². The summed E-state index contributed by atoms with van der Waals surface area (Å²) in [6, 6.07) is 48.0. The van der Waals surface area contributed by atoms with Gasteiger partial charge in [0.25, 0.3) is 0 Å². The van der Waals surface area contributed by atoms with Crippen LogP contribution in [0.3, 0.4) is 0 Å². The molecular weight excluding hydrogens is 534 g/mol. The maximum atomic E-state index is 5.11. The van der Waals surface area contributed by atoms with E-state index in [0.29, 0.717) is 5.95 Å². The summed E-state index contributed by atoms with van der Waals surface area (Å²) in [5.74, 6) is 0.675. The lowest BCUT2D eigenvalue weighted by atomic mass is 9.81. The minimum Gasteiger partial charge on any atom is -0.278 e. The van der Waals surface area contributed by atoms with Gasteiger partial charge in [-0.05, 0) is 68.4 Å². The summed E-state index contributed by atoms with van der Waals surface area (Å²) in [5.41, 5.74) is 12.1. The lowest BCUT2D eigenvalue weighted by Gasteiger charge is -2.22. The Morgan fingerprint density at radius 2 is 1.25 bits per heavy atom. The zero-order chi connectivity index (χ0) is 29.4. The quantitative estimate of drug-likeness (QED) is 0.214. The minimum atomic E-state index is -0.0155. The third kappa shape index (κ3) is 3.56. The van der Waals surface area contributed by atoms with Gasteiger partial charge in [-0.2, -0.15) is 0 Å². The molecule has 208 valence electrons. The Kier molecular flexibility index (Phi) is 5.24. The molecule has 0 N–H and O–H groups in total. The van der Waals surface area contributed by atoms with Crippen molar-refractivity contribution >= 4 is 32.6 Å². The molecule has 8 aromatic rings. The molecule has 0 spiro atoms. The summed E-state index contributed by atoms with van der Waals surface area (Å²) in [6.07, 6.45) is 1.87. The highest BCUT2D eigenvalue weighted by Crippen LogP contribution is 2.49. The van der Waals surface area contributed by atoms with Crippen LogP contribution in [0.4, 0.5) is 0 Å². The van der Waals surface area contributed by atoms with E-state index in [4.69, 9.17) is 9.97 Å². The van der Waals surface area contributed by atoms with E-state index in [1.165, 1.54) is 54.9 Å². The molecule has 0 atom stereocenters. The van der Waals surface area contributed by atoms with Crippen molar-refractivity contribution in [1.29, 1.82) is 0 Å². The third-order valence-corrected chi connectivity index (χ3v) is 9.50. The van der Waals surface area contributed by atoms with E-state index in [-0.39, 0.29) is 5.41 Å². The van der Waals surface area contributed by atoms with Crippen LogP contribution in [0.1, 0.15) is 25.0 Å². The molecule has 3 heteroatoms. The van der Waals surface area contributed by atoms with E-state index < -0.39 is 0 Å². The molecule has 0 aliphatic heterocycles. The maximum absolute atomic E-state index is 5.11. The van der Waals surface area contributed by atoms with Gasteiger partial charge in [0.15, 0.2) is 0 Å². The number of benzene rings is 6. The zero-order valence-corrected chi connectivity index (χ0v) is 24.6. The van der Waals surface area contributed by atoms with Gasteiger partial charge in [-0.25, -0.2) is 9.97 Å². The van der Waals surface area contributed by atoms with Crippen LogP contribution < -0.4 is 0 Å². The summed E-state index contributed by atoms with van der Waals surface area (Å²) in [7, 11) is 0. The van der Waals surface area contributed by atoms with E-state index in [0.717, 1.165) is 22.3 Å². The molecule has 2 aromatic heterocycles. The molecular formula is C41H29N3. The third-order valence-electron chi connectivity index (χ3n) is 9.50. The molecule has 2 heterocycles. The number of hydrogen-bond donors (Lipinski definition) is 0. The van der Waals surface area contributed by atoms with Crippen molar-refractivity contribution < 1.29 is 0 Å². The molecule has 0 bridgehead atoms. The molecule has 6 aromatic carbocycles. The average Bonchev–Trinajstić information content (AvgIpc) is 3.54. The normalized spacial score (nSPS) is 13.4. The molecule has 0 saturated heterocycles. The van der Waals surface area contributed by atoms with Crippen LogP contribution in [0.2, 0.25) is 0 Å². The summed E-state index contributed by atoms with van der Waals surface area (Å²) >= 11 is 0. The van der Waals surface area contributed by atoms with Crippen LogP contribution >= 0.6 is 0 Å². The fourth-order valence-corrected chi connectivity index (χ4v) is 7.29. The predicted molar refractivity (Wildman–Crippen MR) is 182 cm³/mol. The number of hydrogen-bond acceptors (Lipinski definition) is 2. The first kappa shape index (κ1) is 25.0. The lowest BCUT2D eigenvalue weighted by Crippen LogP contribution is -2.14. The van der Waals surface area contributed by atoms with Gasteiger partial charge in [-0.15, -0.1) is 0 Å². The molecule has 3 nitrogen and oxygen atoms in total. The first-order valence-corrected chi connectivity index (χ1v) is 15.2. The molecule has 0 amide bonds. The summed E-state index contributed by atoms with van der Waals surface area (Å²) in [4.78, 5) is 9.88. The Labute approximate surface area is 256 Å². The standard InChI is InChI=1S/C41H29N3/c1-41(2)34-13-7-5-11-31(34)32-21-19-29(25-35(32)41)26-15-17-28(18-16-26)36-23-24-42-40(43-36)44-37-14-8-6-12-33(37)39-30-10-4-3-9-27(30)20-22-38(39)44/h3-25H,1-2H3. The van der Waals surface area contributed by atoms with E-state index in [1.807, 2.05) is 12.3 Å². The van der Waals surface area contributed by atoms with Crippen molar-refractivity contribution in [2.75, 3.05) is 0 Å². The van der Waals surface area contributed by atoms with E-state index in [9.17, 15) is 0 Å². The van der Waals surface area contributed by atoms with Crippen molar-refractivity contribution in [3.8, 4) is 39.5 Å². The van der Waals surface area contributed by atoms with Crippen LogP contribution in [0.5, 0.6) is 0 Å². The number of nitrogens with zero attached hydrogens (tertiary/aromatic N) is 3. The first-order chi connectivity index (χ1) is 21.6. The molecule has 0 unspecified atom stereocenters. The van der Waals surface area contributed by atoms with Crippen molar-refractivity contribution in [2.24, 2.45) is 0 Å². The van der Waals surface area contributed by atoms with E-state index in [1.54, 1.807) is 0 Å². The number of para-hydroxylation sites is 1. The Bertz CT molecular complexity index is 2410. The van der Waals surface area contributed by atoms with Crippen molar-refractivity contribution in [3.63, 3.8) is 0 Å². The Balaban J connectivity index is 1.12. The van der Waals surface area contributed by atoms with Gasteiger partial charge in [0, 0.05) is 27.9 Å². The highest BCUT2D eigenvalue weighted by Gasteiger charge is 2.35. The van der Waals surface area contributed by atoms with Crippen LogP contribution in [0.25, 0.3) is 72.0 Å². The maximum Gasteiger partial charge on any atom is 0.235 e. The molecule has 0 fully saturated rings. The van der Waals surface area contributed by atoms with Crippen LogP contribution in [0, 0.1) is 0 Å². The number of fused-ring (bicyclic) bond motifs is 8. The average molecular weight is 564 g/mol. The molecule has 0 radical (unpaired) electrons. The Morgan fingerprint density at radius 1 is 0.545 bits per heavy atom. The SMILES string of the molecule is CC1(C)c2ccccc2-c2ccc(-c3ccc(-c4ccnc(-n5c6ccccc6c6c7ccccc7ccc65)n4)cc3)cc21. The predicted octanol–water partition coefficient (Wildman–Crippen LogP) is 10.4. The van der Waals surface area contributed by atoms with E-state index in [2.05, 4.69) is 146 Å². The monoisotopic (exact) mass is 563 g/mol. The molecule has 0 saturated carbocycles. The fourth-order valence-electron chi connectivity index (χ4n) is 7.29. The zero-order valence-electron chi connectivity index (χ0n) is 24.6. The lowest BCUT2D eigenvalue weighted by molar-refractivity contribution is 0.660. The summed E-state index contributed by atoms with van der Waals surface area (Å²) in [6.45, 7) is 4.66. The summed E-state index contributed by atoms with van der Waals surface area (Å²) in [5, 5.41) is 4.91. The topological polar surface area (TPSA) is 30.7 Å². The largest absolute Gasteiger partial charge is 0.278 e. The number of aromatic nitrogens is 3. The Morgan fingerprint density at radius 3 is 2.14 bits per heavy atom. The van der Waals surface area contributed by atoms with Gasteiger partial charge < -0.3 is 0 Å². The van der Waals surface area contributed by atoms with Crippen LogP contribution in [0.15, 0.2) is 140 Å². The second kappa shape index (κ2) is 9.23. The second-order valence-electron chi connectivity index (χ2n) is 12.3. The second-order valence-corrected chi connectivity index (χ2v) is 12.3. The van der Waals surface area contributed by atoms with Gasteiger partial charge in [-0.3, -0.25) is 4.57 Å².